The molecule has 0 spiro atoms. The molecular formula is C23H23F3N2O4. The number of nitrogens with zero attached hydrogens (tertiary/aromatic N) is 1. The highest BCUT2D eigenvalue weighted by Gasteiger charge is 2.40. The Bertz CT molecular complexity index is 1040. The smallest absolute Gasteiger partial charge is 0.491 e. The van der Waals surface area contributed by atoms with Crippen molar-refractivity contribution >= 4 is 23.1 Å². The summed E-state index contributed by atoms with van der Waals surface area (Å²) in [6, 6.07) is 11.4. The molecular weight excluding hydrogens is 425 g/mol. The highest BCUT2D eigenvalue weighted by Crippen LogP contribution is 2.33. The Balaban J connectivity index is 2.00. The van der Waals surface area contributed by atoms with E-state index in [2.05, 4.69) is 10.1 Å². The largest absolute Gasteiger partial charge is 0.573 e. The Kier molecular flexibility index (Phi) is 6.47. The van der Waals surface area contributed by atoms with Gasteiger partial charge in [0.1, 0.15) is 17.2 Å². The third-order valence-corrected chi connectivity index (χ3v) is 4.48. The molecule has 1 aliphatic rings. The van der Waals surface area contributed by atoms with E-state index in [-0.39, 0.29) is 23.1 Å². The third-order valence-electron chi connectivity index (χ3n) is 4.48. The van der Waals surface area contributed by atoms with Crippen molar-refractivity contribution in [2.75, 3.05) is 5.32 Å². The maximum atomic E-state index is 13.1. The molecule has 1 N–H and O–H groups in total. The molecule has 3 rings (SSSR count). The number of rotatable bonds is 7. The minimum absolute atomic E-state index is 0.0228. The summed E-state index contributed by atoms with van der Waals surface area (Å²) in [6.07, 6.45) is -4.88. The second-order valence-electron chi connectivity index (χ2n) is 7.72. The summed E-state index contributed by atoms with van der Waals surface area (Å²) in [7, 11) is 0. The van der Waals surface area contributed by atoms with Crippen molar-refractivity contribution in [3.63, 3.8) is 0 Å². The molecule has 0 saturated carbocycles. The normalized spacial score (nSPS) is 14.6. The van der Waals surface area contributed by atoms with E-state index in [1.807, 2.05) is 13.8 Å². The Morgan fingerprint density at radius 3 is 2.12 bits per heavy atom. The van der Waals surface area contributed by atoms with Crippen LogP contribution in [-0.2, 0) is 9.59 Å². The Labute approximate surface area is 183 Å². The van der Waals surface area contributed by atoms with Crippen LogP contribution >= 0.6 is 0 Å². The zero-order chi connectivity index (χ0) is 23.6. The summed E-state index contributed by atoms with van der Waals surface area (Å²) in [5, 5.41) is 2.82. The highest BCUT2D eigenvalue weighted by atomic mass is 19.4. The molecule has 0 aromatic heterocycles. The number of anilines is 1. The molecule has 0 saturated heterocycles. The second-order valence-corrected chi connectivity index (χ2v) is 7.72. The van der Waals surface area contributed by atoms with E-state index in [0.29, 0.717) is 11.3 Å². The predicted octanol–water partition coefficient (Wildman–Crippen LogP) is 4.97. The van der Waals surface area contributed by atoms with Gasteiger partial charge in [0.2, 0.25) is 0 Å². The molecule has 2 aromatic carbocycles. The minimum Gasteiger partial charge on any atom is -0.491 e. The lowest BCUT2D eigenvalue weighted by molar-refractivity contribution is -0.274. The molecule has 32 heavy (non-hydrogen) atoms. The number of halogens is 3. The Morgan fingerprint density at radius 1 is 0.906 bits per heavy atom. The fourth-order valence-electron chi connectivity index (χ4n) is 3.29. The number of hydrogen-bond donors (Lipinski definition) is 1. The fraction of sp³-hybridized carbons (Fsp3) is 0.304. The fourth-order valence-corrected chi connectivity index (χ4v) is 3.29. The molecule has 6 nitrogen and oxygen atoms in total. The van der Waals surface area contributed by atoms with E-state index in [0.717, 1.165) is 17.0 Å². The lowest BCUT2D eigenvalue weighted by atomic mass is 10.0. The van der Waals surface area contributed by atoms with E-state index in [9.17, 15) is 22.8 Å². The number of benzene rings is 2. The zero-order valence-corrected chi connectivity index (χ0v) is 18.0. The molecule has 0 fully saturated rings. The molecule has 0 unspecified atom stereocenters. The summed E-state index contributed by atoms with van der Waals surface area (Å²) in [6.45, 7) is 7.17. The number of imide groups is 1. The van der Waals surface area contributed by atoms with Crippen LogP contribution in [0.2, 0.25) is 0 Å². The molecule has 1 aliphatic heterocycles. The van der Waals surface area contributed by atoms with E-state index in [1.165, 1.54) is 12.1 Å². The average molecular weight is 448 g/mol. The van der Waals surface area contributed by atoms with E-state index in [1.54, 1.807) is 38.1 Å². The summed E-state index contributed by atoms with van der Waals surface area (Å²) < 4.78 is 47.2. The van der Waals surface area contributed by atoms with E-state index in [4.69, 9.17) is 4.74 Å². The molecule has 9 heteroatoms. The highest BCUT2D eigenvalue weighted by molar-refractivity contribution is 6.36. The van der Waals surface area contributed by atoms with Gasteiger partial charge in [-0.1, -0.05) is 18.2 Å². The van der Waals surface area contributed by atoms with Crippen LogP contribution in [0.4, 0.5) is 18.9 Å². The summed E-state index contributed by atoms with van der Waals surface area (Å²) in [5.74, 6) is -0.900. The van der Waals surface area contributed by atoms with Gasteiger partial charge in [0.25, 0.3) is 11.8 Å². The van der Waals surface area contributed by atoms with Crippen molar-refractivity contribution in [3.05, 3.63) is 59.8 Å². The van der Waals surface area contributed by atoms with Crippen molar-refractivity contribution in [2.45, 2.75) is 46.2 Å². The number of carbonyl (C=O) groups excluding carboxylic acids is 2. The van der Waals surface area contributed by atoms with Crippen LogP contribution in [0.5, 0.6) is 11.5 Å². The SMILES string of the molecule is CC(C)Oc1ccc(C2=C(Nc3cccc(OC(F)(F)F)c3)C(=O)N(C(C)C)C2=O)cc1. The van der Waals surface area contributed by atoms with Gasteiger partial charge in [0.15, 0.2) is 0 Å². The molecule has 170 valence electrons. The second kappa shape index (κ2) is 8.94. The maximum Gasteiger partial charge on any atom is 0.573 e. The first-order valence-electron chi connectivity index (χ1n) is 9.98. The van der Waals surface area contributed by atoms with Crippen LogP contribution in [0.15, 0.2) is 54.2 Å². The van der Waals surface area contributed by atoms with Crippen LogP contribution in [0, 0.1) is 0 Å². The number of alkyl halides is 3. The molecule has 1 heterocycles. The summed E-state index contributed by atoms with van der Waals surface area (Å²) >= 11 is 0. The van der Waals surface area contributed by atoms with Crippen LogP contribution < -0.4 is 14.8 Å². The summed E-state index contributed by atoms with van der Waals surface area (Å²) in [5.41, 5.74) is 0.755. The van der Waals surface area contributed by atoms with Crippen molar-refractivity contribution in [1.29, 1.82) is 0 Å². The number of nitrogens with one attached hydrogen (secondary N) is 1. The van der Waals surface area contributed by atoms with Crippen LogP contribution in [0.1, 0.15) is 33.3 Å². The van der Waals surface area contributed by atoms with Crippen molar-refractivity contribution < 1.29 is 32.2 Å². The molecule has 0 aliphatic carbocycles. The van der Waals surface area contributed by atoms with Gasteiger partial charge in [-0.15, -0.1) is 13.2 Å². The van der Waals surface area contributed by atoms with Crippen molar-refractivity contribution in [2.24, 2.45) is 0 Å². The van der Waals surface area contributed by atoms with Gasteiger partial charge in [-0.3, -0.25) is 14.5 Å². The number of ether oxygens (including phenoxy) is 2. The Hall–Kier alpha value is -3.49. The zero-order valence-electron chi connectivity index (χ0n) is 18.0. The molecule has 0 bridgehead atoms. The summed E-state index contributed by atoms with van der Waals surface area (Å²) in [4.78, 5) is 27.2. The first-order chi connectivity index (χ1) is 15.0. The van der Waals surface area contributed by atoms with Gasteiger partial charge in [-0.2, -0.15) is 0 Å². The average Bonchev–Trinajstić information content (AvgIpc) is 2.91. The third kappa shape index (κ3) is 5.22. The van der Waals surface area contributed by atoms with Gasteiger partial charge in [0, 0.05) is 17.8 Å². The van der Waals surface area contributed by atoms with Gasteiger partial charge < -0.3 is 14.8 Å². The van der Waals surface area contributed by atoms with Gasteiger partial charge in [-0.05, 0) is 57.5 Å². The first-order valence-corrected chi connectivity index (χ1v) is 9.98. The standard InChI is InChI=1S/C23H23F3N2O4/c1-13(2)28-21(29)19(15-8-10-17(11-9-15)31-14(3)4)20(22(28)30)27-16-6-5-7-18(12-16)32-23(24,25)26/h5-14,27H,1-4H3. The lowest BCUT2D eigenvalue weighted by Crippen LogP contribution is -2.38. The molecule has 2 amide bonds. The van der Waals surface area contributed by atoms with Crippen molar-refractivity contribution in [3.8, 4) is 11.5 Å². The minimum atomic E-state index is -4.85. The first kappa shape index (κ1) is 23.2. The van der Waals surface area contributed by atoms with Gasteiger partial charge in [-0.25, -0.2) is 0 Å². The quantitative estimate of drug-likeness (QED) is 0.606. The topological polar surface area (TPSA) is 67.9 Å². The number of hydrogen-bond acceptors (Lipinski definition) is 5. The van der Waals surface area contributed by atoms with Gasteiger partial charge >= 0.3 is 6.36 Å². The predicted molar refractivity (Wildman–Crippen MR) is 113 cm³/mol. The van der Waals surface area contributed by atoms with Crippen LogP contribution in [0.3, 0.4) is 0 Å². The van der Waals surface area contributed by atoms with Gasteiger partial charge in [0.05, 0.1) is 11.7 Å². The maximum absolute atomic E-state index is 13.1. The van der Waals surface area contributed by atoms with Crippen molar-refractivity contribution in [1.82, 2.24) is 4.90 Å². The van der Waals surface area contributed by atoms with Crippen LogP contribution in [-0.4, -0.2) is 35.2 Å². The van der Waals surface area contributed by atoms with Crippen LogP contribution in [0.25, 0.3) is 5.57 Å². The lowest BCUT2D eigenvalue weighted by Gasteiger charge is -2.19. The number of amides is 2. The van der Waals surface area contributed by atoms with E-state index < -0.39 is 30.0 Å². The Morgan fingerprint density at radius 2 is 1.56 bits per heavy atom. The molecule has 2 aromatic rings. The monoisotopic (exact) mass is 448 g/mol. The molecule has 0 atom stereocenters. The number of carbonyl (C=O) groups is 2. The van der Waals surface area contributed by atoms with E-state index >= 15 is 0 Å². The molecule has 0 radical (unpaired) electrons.